The molecular formula is C15H17Cl2NO4. The van der Waals surface area contributed by atoms with Gasteiger partial charge in [-0.1, -0.05) is 23.2 Å². The van der Waals surface area contributed by atoms with Gasteiger partial charge in [-0.3, -0.25) is 9.59 Å². The van der Waals surface area contributed by atoms with Gasteiger partial charge in [-0.15, -0.1) is 0 Å². The van der Waals surface area contributed by atoms with Crippen LogP contribution in [-0.2, 0) is 9.59 Å². The number of carbonyl (C=O) groups excluding carboxylic acids is 1. The maximum absolute atomic E-state index is 12.1. The molecule has 22 heavy (non-hydrogen) atoms. The molecular weight excluding hydrogens is 329 g/mol. The smallest absolute Gasteiger partial charge is 0.303 e. The average molecular weight is 346 g/mol. The Balaban J connectivity index is 1.78. The summed E-state index contributed by atoms with van der Waals surface area (Å²) in [4.78, 5) is 24.5. The van der Waals surface area contributed by atoms with E-state index in [1.807, 2.05) is 0 Å². The van der Waals surface area contributed by atoms with Crippen LogP contribution in [0, 0.1) is 5.92 Å². The lowest BCUT2D eigenvalue weighted by molar-refractivity contribution is -0.139. The molecule has 1 aromatic rings. The van der Waals surface area contributed by atoms with Crippen LogP contribution in [-0.4, -0.2) is 41.6 Å². The van der Waals surface area contributed by atoms with Crippen LogP contribution in [0.1, 0.15) is 19.3 Å². The summed E-state index contributed by atoms with van der Waals surface area (Å²) < 4.78 is 5.42. The Labute approximate surface area is 138 Å². The Bertz CT molecular complexity index is 556. The zero-order valence-corrected chi connectivity index (χ0v) is 13.4. The van der Waals surface area contributed by atoms with E-state index >= 15 is 0 Å². The third-order valence-electron chi connectivity index (χ3n) is 3.68. The molecule has 2 rings (SSSR count). The molecule has 5 nitrogen and oxygen atoms in total. The van der Waals surface area contributed by atoms with E-state index in [0.29, 0.717) is 41.7 Å². The van der Waals surface area contributed by atoms with Crippen molar-refractivity contribution in [1.29, 1.82) is 0 Å². The van der Waals surface area contributed by atoms with Crippen molar-refractivity contribution in [1.82, 2.24) is 4.90 Å². The van der Waals surface area contributed by atoms with Crippen LogP contribution < -0.4 is 4.74 Å². The lowest BCUT2D eigenvalue weighted by Crippen LogP contribution is -2.41. The predicted molar refractivity (Wildman–Crippen MR) is 83.5 cm³/mol. The lowest BCUT2D eigenvalue weighted by Gasteiger charge is -2.31. The highest BCUT2D eigenvalue weighted by atomic mass is 35.5. The summed E-state index contributed by atoms with van der Waals surface area (Å²) in [5.41, 5.74) is 0. The van der Waals surface area contributed by atoms with Crippen molar-refractivity contribution in [3.05, 3.63) is 28.2 Å². The molecule has 1 heterocycles. The highest BCUT2D eigenvalue weighted by Gasteiger charge is 2.24. The summed E-state index contributed by atoms with van der Waals surface area (Å²) in [6.45, 7) is 1.07. The molecule has 1 N–H and O–H groups in total. The SMILES string of the molecule is O=C(O)CC1CCN(C(=O)COc2ccc(Cl)c(Cl)c2)CC1. The fourth-order valence-electron chi connectivity index (χ4n) is 2.44. The molecule has 0 aromatic heterocycles. The zero-order valence-electron chi connectivity index (χ0n) is 11.9. The van der Waals surface area contributed by atoms with Gasteiger partial charge in [0.15, 0.2) is 6.61 Å². The van der Waals surface area contributed by atoms with Crippen molar-refractivity contribution in [2.24, 2.45) is 5.92 Å². The molecule has 0 unspecified atom stereocenters. The zero-order chi connectivity index (χ0) is 16.1. The number of halogens is 2. The molecule has 1 fully saturated rings. The highest BCUT2D eigenvalue weighted by Crippen LogP contribution is 2.26. The van der Waals surface area contributed by atoms with Gasteiger partial charge < -0.3 is 14.7 Å². The number of piperidine rings is 1. The Hall–Kier alpha value is -1.46. The molecule has 1 amide bonds. The quantitative estimate of drug-likeness (QED) is 0.890. The normalized spacial score (nSPS) is 15.6. The number of hydrogen-bond donors (Lipinski definition) is 1. The summed E-state index contributed by atoms with van der Waals surface area (Å²) in [5, 5.41) is 9.58. The van der Waals surface area contributed by atoms with Crippen LogP contribution in [0.4, 0.5) is 0 Å². The van der Waals surface area contributed by atoms with Crippen molar-refractivity contribution < 1.29 is 19.4 Å². The van der Waals surface area contributed by atoms with E-state index in [1.54, 1.807) is 23.1 Å². The molecule has 120 valence electrons. The van der Waals surface area contributed by atoms with Gasteiger partial charge in [0.05, 0.1) is 10.0 Å². The number of ether oxygens (including phenoxy) is 1. The number of nitrogens with zero attached hydrogens (tertiary/aromatic N) is 1. The third-order valence-corrected chi connectivity index (χ3v) is 4.42. The van der Waals surface area contributed by atoms with E-state index in [2.05, 4.69) is 0 Å². The van der Waals surface area contributed by atoms with Crippen molar-refractivity contribution in [2.75, 3.05) is 19.7 Å². The number of carboxylic acids is 1. The van der Waals surface area contributed by atoms with Crippen molar-refractivity contribution in [3.8, 4) is 5.75 Å². The van der Waals surface area contributed by atoms with E-state index in [4.69, 9.17) is 33.0 Å². The van der Waals surface area contributed by atoms with Crippen LogP contribution in [0.3, 0.4) is 0 Å². The maximum atomic E-state index is 12.1. The van der Waals surface area contributed by atoms with E-state index in [-0.39, 0.29) is 24.9 Å². The van der Waals surface area contributed by atoms with Crippen molar-refractivity contribution >= 4 is 35.1 Å². The second-order valence-corrected chi connectivity index (χ2v) is 6.10. The lowest BCUT2D eigenvalue weighted by atomic mass is 9.94. The monoisotopic (exact) mass is 345 g/mol. The van der Waals surface area contributed by atoms with Crippen LogP contribution in [0.2, 0.25) is 10.0 Å². The summed E-state index contributed by atoms with van der Waals surface area (Å²) in [5.74, 6) is -0.256. The van der Waals surface area contributed by atoms with Gasteiger partial charge in [0.1, 0.15) is 5.75 Å². The van der Waals surface area contributed by atoms with Gasteiger partial charge in [0.25, 0.3) is 5.91 Å². The van der Waals surface area contributed by atoms with Gasteiger partial charge in [-0.05, 0) is 30.9 Å². The Morgan fingerprint density at radius 3 is 2.50 bits per heavy atom. The van der Waals surface area contributed by atoms with E-state index in [9.17, 15) is 9.59 Å². The fraction of sp³-hybridized carbons (Fsp3) is 0.467. The minimum absolute atomic E-state index is 0.0679. The van der Waals surface area contributed by atoms with Crippen molar-refractivity contribution in [2.45, 2.75) is 19.3 Å². The van der Waals surface area contributed by atoms with Gasteiger partial charge in [0.2, 0.25) is 0 Å². The number of hydrogen-bond acceptors (Lipinski definition) is 3. The number of carbonyl (C=O) groups is 2. The minimum Gasteiger partial charge on any atom is -0.484 e. The highest BCUT2D eigenvalue weighted by molar-refractivity contribution is 6.42. The van der Waals surface area contributed by atoms with Crippen molar-refractivity contribution in [3.63, 3.8) is 0 Å². The van der Waals surface area contributed by atoms with E-state index in [0.717, 1.165) is 0 Å². The van der Waals surface area contributed by atoms with E-state index < -0.39 is 5.97 Å². The first-order chi connectivity index (χ1) is 10.5. The first-order valence-corrected chi connectivity index (χ1v) is 7.78. The number of benzene rings is 1. The molecule has 0 atom stereocenters. The predicted octanol–water partition coefficient (Wildman–Crippen LogP) is 3.09. The van der Waals surface area contributed by atoms with Crippen LogP contribution in [0.15, 0.2) is 18.2 Å². The Morgan fingerprint density at radius 1 is 1.23 bits per heavy atom. The second-order valence-electron chi connectivity index (χ2n) is 5.29. The topological polar surface area (TPSA) is 66.8 Å². The molecule has 1 saturated heterocycles. The largest absolute Gasteiger partial charge is 0.484 e. The molecule has 7 heteroatoms. The van der Waals surface area contributed by atoms with Crippen LogP contribution in [0.25, 0.3) is 0 Å². The molecule has 0 aliphatic carbocycles. The minimum atomic E-state index is -0.785. The van der Waals surface area contributed by atoms with Crippen LogP contribution >= 0.6 is 23.2 Å². The summed E-state index contributed by atoms with van der Waals surface area (Å²) in [7, 11) is 0. The molecule has 0 saturated carbocycles. The first-order valence-electron chi connectivity index (χ1n) is 7.03. The molecule has 0 spiro atoms. The molecule has 1 aliphatic heterocycles. The molecule has 1 aliphatic rings. The number of amides is 1. The average Bonchev–Trinajstić information content (AvgIpc) is 2.48. The molecule has 1 aromatic carbocycles. The van der Waals surface area contributed by atoms with Gasteiger partial charge in [-0.2, -0.15) is 0 Å². The Morgan fingerprint density at radius 2 is 1.91 bits per heavy atom. The van der Waals surface area contributed by atoms with Crippen LogP contribution in [0.5, 0.6) is 5.75 Å². The standard InChI is InChI=1S/C15H17Cl2NO4/c16-12-2-1-11(8-13(12)17)22-9-14(19)18-5-3-10(4-6-18)7-15(20)21/h1-2,8,10H,3-7,9H2,(H,20,21). The summed E-state index contributed by atoms with van der Waals surface area (Å²) in [6.07, 6.45) is 1.59. The third kappa shape index (κ3) is 4.78. The second kappa shape index (κ2) is 7.70. The van der Waals surface area contributed by atoms with Gasteiger partial charge >= 0.3 is 5.97 Å². The fourth-order valence-corrected chi connectivity index (χ4v) is 2.72. The number of aliphatic carboxylic acids is 1. The van der Waals surface area contributed by atoms with E-state index in [1.165, 1.54) is 0 Å². The molecule has 0 bridgehead atoms. The number of likely N-dealkylation sites (tertiary alicyclic amines) is 1. The Kier molecular flexibility index (Phi) is 5.91. The summed E-state index contributed by atoms with van der Waals surface area (Å²) >= 11 is 11.7. The first kappa shape index (κ1) is 16.9. The number of rotatable bonds is 5. The number of carboxylic acid groups (broad SMARTS) is 1. The van der Waals surface area contributed by atoms with Gasteiger partial charge in [0, 0.05) is 25.6 Å². The summed E-state index contributed by atoms with van der Waals surface area (Å²) in [6, 6.07) is 4.83. The maximum Gasteiger partial charge on any atom is 0.303 e. The van der Waals surface area contributed by atoms with Gasteiger partial charge in [-0.25, -0.2) is 0 Å². The molecule has 0 radical (unpaired) electrons.